The van der Waals surface area contributed by atoms with E-state index in [1.54, 1.807) is 6.07 Å². The largest absolute Gasteiger partial charge is 0.351 e. The lowest BCUT2D eigenvalue weighted by atomic mass is 10.0. The summed E-state index contributed by atoms with van der Waals surface area (Å²) >= 11 is 6.10. The van der Waals surface area contributed by atoms with Crippen LogP contribution in [0.15, 0.2) is 24.3 Å². The highest BCUT2D eigenvalue weighted by molar-refractivity contribution is 6.31. The topological polar surface area (TPSA) is 52.7 Å². The molecule has 1 heterocycles. The van der Waals surface area contributed by atoms with Gasteiger partial charge in [0.1, 0.15) is 5.41 Å². The third-order valence-electron chi connectivity index (χ3n) is 4.78. The summed E-state index contributed by atoms with van der Waals surface area (Å²) in [4.78, 5) is 29.3. The summed E-state index contributed by atoms with van der Waals surface area (Å²) in [5.74, 6) is -0.177. The summed E-state index contributed by atoms with van der Waals surface area (Å²) in [6, 6.07) is 7.42. The molecule has 2 aliphatic rings. The summed E-state index contributed by atoms with van der Waals surface area (Å²) < 4.78 is 0. The van der Waals surface area contributed by atoms with E-state index in [1.807, 2.05) is 30.1 Å². The van der Waals surface area contributed by atoms with Crippen LogP contribution in [-0.4, -0.2) is 54.8 Å². The number of rotatable bonds is 4. The quantitative estimate of drug-likeness (QED) is 0.849. The van der Waals surface area contributed by atoms with Crippen molar-refractivity contribution in [1.29, 1.82) is 0 Å². The van der Waals surface area contributed by atoms with E-state index < -0.39 is 5.41 Å². The Hall–Kier alpha value is -1.59. The van der Waals surface area contributed by atoms with Crippen molar-refractivity contribution < 1.29 is 9.59 Å². The maximum absolute atomic E-state index is 12.7. The van der Waals surface area contributed by atoms with Gasteiger partial charge in [0.25, 0.3) is 0 Å². The number of carbonyl (C=O) groups is 2. The lowest BCUT2D eigenvalue weighted by molar-refractivity contribution is -0.145. The van der Waals surface area contributed by atoms with Crippen LogP contribution in [-0.2, 0) is 16.1 Å². The molecule has 0 atom stereocenters. The van der Waals surface area contributed by atoms with Gasteiger partial charge in [-0.3, -0.25) is 9.59 Å². The lowest BCUT2D eigenvalue weighted by Crippen LogP contribution is -2.52. The molecule has 23 heavy (non-hydrogen) atoms. The predicted octanol–water partition coefficient (Wildman–Crippen LogP) is 1.51. The van der Waals surface area contributed by atoms with Crippen LogP contribution >= 0.6 is 11.6 Å². The standard InChI is InChI=1S/C17H22ClN3O2/c1-20-8-10-21(11-9-20)16(23)17(6-7-17)15(22)19-12-13-4-2-3-5-14(13)18/h2-5H,6-12H2,1H3,(H,19,22). The Morgan fingerprint density at radius 1 is 1.17 bits per heavy atom. The highest BCUT2D eigenvalue weighted by Crippen LogP contribution is 2.47. The first-order valence-electron chi connectivity index (χ1n) is 8.02. The number of nitrogens with one attached hydrogen (secondary N) is 1. The van der Waals surface area contributed by atoms with E-state index in [1.165, 1.54) is 0 Å². The van der Waals surface area contributed by atoms with E-state index in [-0.39, 0.29) is 11.8 Å². The molecule has 124 valence electrons. The molecule has 6 heteroatoms. The molecule has 1 N–H and O–H groups in total. The van der Waals surface area contributed by atoms with Crippen LogP contribution in [0.2, 0.25) is 5.02 Å². The molecular formula is C17H22ClN3O2. The van der Waals surface area contributed by atoms with E-state index in [0.29, 0.717) is 37.5 Å². The molecular weight excluding hydrogens is 314 g/mol. The fourth-order valence-electron chi connectivity index (χ4n) is 2.96. The van der Waals surface area contributed by atoms with Crippen LogP contribution in [0.3, 0.4) is 0 Å². The van der Waals surface area contributed by atoms with Crippen LogP contribution in [0.25, 0.3) is 0 Å². The van der Waals surface area contributed by atoms with Crippen LogP contribution in [0.5, 0.6) is 0 Å². The highest BCUT2D eigenvalue weighted by atomic mass is 35.5. The average Bonchev–Trinajstić information content (AvgIpc) is 3.36. The maximum Gasteiger partial charge on any atom is 0.238 e. The Balaban J connectivity index is 1.60. The molecule has 0 radical (unpaired) electrons. The molecule has 0 unspecified atom stereocenters. The number of carbonyl (C=O) groups excluding carboxylic acids is 2. The van der Waals surface area contributed by atoms with Gasteiger partial charge in [-0.25, -0.2) is 0 Å². The number of nitrogens with zero attached hydrogens (tertiary/aromatic N) is 2. The van der Waals surface area contributed by atoms with Gasteiger partial charge in [-0.05, 0) is 31.5 Å². The summed E-state index contributed by atoms with van der Waals surface area (Å²) in [6.45, 7) is 3.49. The molecule has 0 bridgehead atoms. The van der Waals surface area contributed by atoms with Gasteiger partial charge >= 0.3 is 0 Å². The molecule has 5 nitrogen and oxygen atoms in total. The van der Waals surface area contributed by atoms with Gasteiger partial charge in [0.2, 0.25) is 11.8 Å². The predicted molar refractivity (Wildman–Crippen MR) is 89.0 cm³/mol. The van der Waals surface area contributed by atoms with Crippen molar-refractivity contribution in [3.8, 4) is 0 Å². The number of piperazine rings is 1. The first kappa shape index (κ1) is 16.3. The number of halogens is 1. The van der Waals surface area contributed by atoms with Gasteiger partial charge < -0.3 is 15.1 Å². The fourth-order valence-corrected chi connectivity index (χ4v) is 3.16. The minimum absolute atomic E-state index is 0.0118. The zero-order valence-corrected chi connectivity index (χ0v) is 14.1. The lowest BCUT2D eigenvalue weighted by Gasteiger charge is -2.34. The Morgan fingerprint density at radius 3 is 2.43 bits per heavy atom. The van der Waals surface area contributed by atoms with Gasteiger partial charge in [-0.15, -0.1) is 0 Å². The average molecular weight is 336 g/mol. The minimum atomic E-state index is -0.836. The van der Waals surface area contributed by atoms with E-state index in [0.717, 1.165) is 18.7 Å². The second-order valence-corrected chi connectivity index (χ2v) is 6.86. The smallest absolute Gasteiger partial charge is 0.238 e. The number of benzene rings is 1. The summed E-state index contributed by atoms with van der Waals surface area (Å²) in [5, 5.41) is 3.52. The Bertz CT molecular complexity index is 608. The number of amides is 2. The summed E-state index contributed by atoms with van der Waals surface area (Å²) in [5.41, 5.74) is 0.0299. The zero-order chi connectivity index (χ0) is 16.4. The summed E-state index contributed by atoms with van der Waals surface area (Å²) in [7, 11) is 2.05. The van der Waals surface area contributed by atoms with Crippen molar-refractivity contribution >= 4 is 23.4 Å². The van der Waals surface area contributed by atoms with E-state index in [4.69, 9.17) is 11.6 Å². The molecule has 1 saturated heterocycles. The maximum atomic E-state index is 12.7. The molecule has 2 fully saturated rings. The van der Waals surface area contributed by atoms with Gasteiger partial charge in [0.15, 0.2) is 0 Å². The van der Waals surface area contributed by atoms with Crippen molar-refractivity contribution in [3.63, 3.8) is 0 Å². The molecule has 1 aromatic rings. The van der Waals surface area contributed by atoms with Crippen LogP contribution in [0, 0.1) is 5.41 Å². The fraction of sp³-hybridized carbons (Fsp3) is 0.529. The molecule has 3 rings (SSSR count). The number of hydrogen-bond acceptors (Lipinski definition) is 3. The van der Waals surface area contributed by atoms with E-state index in [2.05, 4.69) is 10.2 Å². The SMILES string of the molecule is CN1CCN(C(=O)C2(C(=O)NCc3ccccc3Cl)CC2)CC1. The van der Waals surface area contributed by atoms with E-state index >= 15 is 0 Å². The van der Waals surface area contributed by atoms with Crippen molar-refractivity contribution in [2.24, 2.45) is 5.41 Å². The third-order valence-corrected chi connectivity index (χ3v) is 5.15. The van der Waals surface area contributed by atoms with Crippen LogP contribution in [0.1, 0.15) is 18.4 Å². The van der Waals surface area contributed by atoms with Gasteiger partial charge in [0.05, 0.1) is 0 Å². The monoisotopic (exact) mass is 335 g/mol. The number of hydrogen-bond donors (Lipinski definition) is 1. The first-order valence-corrected chi connectivity index (χ1v) is 8.40. The Morgan fingerprint density at radius 2 is 1.83 bits per heavy atom. The number of likely N-dealkylation sites (N-methyl/N-ethyl adjacent to an activating group) is 1. The first-order chi connectivity index (χ1) is 11.0. The molecule has 1 aliphatic heterocycles. The second kappa shape index (κ2) is 6.49. The third kappa shape index (κ3) is 3.35. The molecule has 1 aromatic carbocycles. The second-order valence-electron chi connectivity index (χ2n) is 6.45. The van der Waals surface area contributed by atoms with Crippen molar-refractivity contribution in [3.05, 3.63) is 34.9 Å². The highest BCUT2D eigenvalue weighted by Gasteiger charge is 2.57. The molecule has 0 aromatic heterocycles. The van der Waals surface area contributed by atoms with Gasteiger partial charge in [-0.2, -0.15) is 0 Å². The Kier molecular flexibility index (Phi) is 4.60. The zero-order valence-electron chi connectivity index (χ0n) is 13.3. The van der Waals surface area contributed by atoms with Crippen molar-refractivity contribution in [2.45, 2.75) is 19.4 Å². The van der Waals surface area contributed by atoms with Crippen LogP contribution < -0.4 is 5.32 Å². The normalized spacial score (nSPS) is 20.2. The van der Waals surface area contributed by atoms with Crippen molar-refractivity contribution in [1.82, 2.24) is 15.1 Å². The summed E-state index contributed by atoms with van der Waals surface area (Å²) in [6.07, 6.45) is 1.29. The molecule has 2 amide bonds. The Labute approximate surface area is 141 Å². The van der Waals surface area contributed by atoms with Gasteiger partial charge in [-0.1, -0.05) is 29.8 Å². The molecule has 0 spiro atoms. The minimum Gasteiger partial charge on any atom is -0.351 e. The van der Waals surface area contributed by atoms with Crippen LogP contribution in [0.4, 0.5) is 0 Å². The van der Waals surface area contributed by atoms with E-state index in [9.17, 15) is 9.59 Å². The van der Waals surface area contributed by atoms with Crippen molar-refractivity contribution in [2.75, 3.05) is 33.2 Å². The van der Waals surface area contributed by atoms with Gasteiger partial charge in [0, 0.05) is 37.7 Å². The molecule has 1 saturated carbocycles. The molecule has 1 aliphatic carbocycles.